The van der Waals surface area contributed by atoms with E-state index in [-0.39, 0.29) is 0 Å². The lowest BCUT2D eigenvalue weighted by molar-refractivity contribution is -0.136. The molecule has 0 bridgehead atoms. The molecule has 3 atom stereocenters. The number of hydrogen-bond donors (Lipinski definition) is 13. The summed E-state index contributed by atoms with van der Waals surface area (Å²) >= 11 is 0. The zero-order valence-corrected chi connectivity index (χ0v) is 23.3. The Balaban J connectivity index is 0.000000341. The van der Waals surface area contributed by atoms with Crippen molar-refractivity contribution in [2.45, 2.75) is 18.5 Å². The van der Waals surface area contributed by atoms with Gasteiger partial charge in [-0.1, -0.05) is 0 Å². The van der Waals surface area contributed by atoms with Gasteiger partial charge < -0.3 is 57.2 Å². The molecule has 3 saturated heterocycles. The van der Waals surface area contributed by atoms with E-state index in [1.54, 1.807) is 0 Å². The monoisotopic (exact) mass is 666 g/mol. The number of nitrogens with one attached hydrogen (secondary N) is 7. The zero-order chi connectivity index (χ0) is 34.7. The van der Waals surface area contributed by atoms with Gasteiger partial charge in [0.05, 0.1) is 6.67 Å². The van der Waals surface area contributed by atoms with Gasteiger partial charge in [-0.25, -0.2) is 33.7 Å². The van der Waals surface area contributed by atoms with Crippen LogP contribution in [-0.2, 0) is 14.4 Å². The number of aliphatic hydroxyl groups excluding tert-OH is 6. The number of rotatable bonds is 11. The second-order valence-corrected chi connectivity index (χ2v) is 8.52. The maximum absolute atomic E-state index is 11.8. The molecule has 3 unspecified atom stereocenters. The first kappa shape index (κ1) is 36.6. The summed E-state index contributed by atoms with van der Waals surface area (Å²) in [6, 6.07) is -5.69. The molecule has 15 amide bonds. The minimum absolute atomic E-state index is 0.399. The molecular formula is C19H30N12O15. The molecule has 0 radical (unpaired) electrons. The van der Waals surface area contributed by atoms with Crippen LogP contribution in [0, 0.1) is 0 Å². The third-order valence-electron chi connectivity index (χ3n) is 5.93. The molecule has 3 fully saturated rings. The fourth-order valence-electron chi connectivity index (χ4n) is 3.76. The Bertz CT molecular complexity index is 1180. The van der Waals surface area contributed by atoms with Crippen molar-refractivity contribution >= 4 is 53.9 Å². The fraction of sp³-hybridized carbons (Fsp3) is 0.526. The third kappa shape index (κ3) is 8.10. The Morgan fingerprint density at radius 1 is 0.674 bits per heavy atom. The molecule has 0 aromatic carbocycles. The first-order chi connectivity index (χ1) is 21.8. The van der Waals surface area contributed by atoms with Crippen LogP contribution in [0.1, 0.15) is 0 Å². The van der Waals surface area contributed by atoms with Gasteiger partial charge in [-0.15, -0.1) is 0 Å². The summed E-state index contributed by atoms with van der Waals surface area (Å²) in [5, 5.41) is 67.7. The fourth-order valence-corrected chi connectivity index (χ4v) is 3.76. The molecule has 3 heterocycles. The van der Waals surface area contributed by atoms with E-state index in [4.69, 9.17) is 30.6 Å². The van der Waals surface area contributed by atoms with Gasteiger partial charge >= 0.3 is 36.2 Å². The number of carbonyl (C=O) groups excluding carboxylic acids is 9. The van der Waals surface area contributed by atoms with Crippen LogP contribution in [0.25, 0.3) is 0 Å². The topological polar surface area (TPSA) is 375 Å². The summed E-state index contributed by atoms with van der Waals surface area (Å²) in [4.78, 5) is 107. The first-order valence-corrected chi connectivity index (χ1v) is 12.4. The number of nitrogens with zero attached hydrogens (tertiary/aromatic N) is 5. The Kier molecular flexibility index (Phi) is 13.1. The number of imide groups is 3. The van der Waals surface area contributed by atoms with E-state index in [1.165, 1.54) is 0 Å². The van der Waals surface area contributed by atoms with Gasteiger partial charge in [0.15, 0.2) is 18.5 Å². The molecule has 46 heavy (non-hydrogen) atoms. The second kappa shape index (κ2) is 16.5. The predicted molar refractivity (Wildman–Crippen MR) is 137 cm³/mol. The molecule has 27 nitrogen and oxygen atoms in total. The predicted octanol–water partition coefficient (Wildman–Crippen LogP) is -8.41. The SMILES string of the molecule is O=C(NCNC(=O)NC1C(=O)NC(=O)N1CO)NC1C(=O)NC(=O)N1CO.O=C1C(N(CO)C(=O)NCO)N(CO)C(=O)N1CO. The summed E-state index contributed by atoms with van der Waals surface area (Å²) in [6.45, 7) is -5.58. The summed E-state index contributed by atoms with van der Waals surface area (Å²) in [5.41, 5.74) is 0. The molecule has 3 aliphatic rings. The van der Waals surface area contributed by atoms with Gasteiger partial charge in [0.25, 0.3) is 17.7 Å². The van der Waals surface area contributed by atoms with E-state index < -0.39 is 119 Å². The smallest absolute Gasteiger partial charge is 0.332 e. The Labute approximate surface area is 255 Å². The summed E-state index contributed by atoms with van der Waals surface area (Å²) in [6.07, 6.45) is -4.45. The maximum atomic E-state index is 11.8. The number of hydrogen-bond acceptors (Lipinski definition) is 15. The minimum atomic E-state index is -1.60. The molecule has 0 saturated carbocycles. The lowest BCUT2D eigenvalue weighted by Crippen LogP contribution is -2.56. The average Bonchev–Trinajstić information content (AvgIpc) is 3.53. The van der Waals surface area contributed by atoms with Crippen molar-refractivity contribution in [2.24, 2.45) is 0 Å². The quantitative estimate of drug-likeness (QED) is 0.0719. The molecule has 0 aromatic rings. The molecule has 0 aliphatic carbocycles. The first-order valence-electron chi connectivity index (χ1n) is 12.4. The van der Waals surface area contributed by atoms with Gasteiger partial charge in [0, 0.05) is 0 Å². The van der Waals surface area contributed by atoms with Crippen LogP contribution in [0.2, 0.25) is 0 Å². The highest BCUT2D eigenvalue weighted by atomic mass is 16.3. The zero-order valence-electron chi connectivity index (χ0n) is 23.3. The van der Waals surface area contributed by atoms with E-state index in [9.17, 15) is 43.2 Å². The third-order valence-corrected chi connectivity index (χ3v) is 5.93. The van der Waals surface area contributed by atoms with Crippen LogP contribution < -0.4 is 37.2 Å². The van der Waals surface area contributed by atoms with Crippen molar-refractivity contribution in [1.29, 1.82) is 0 Å². The van der Waals surface area contributed by atoms with E-state index in [1.807, 2.05) is 16.0 Å². The number of carbonyl (C=O) groups is 9. The van der Waals surface area contributed by atoms with Crippen molar-refractivity contribution in [3.05, 3.63) is 0 Å². The molecule has 3 rings (SSSR count). The Morgan fingerprint density at radius 2 is 1.13 bits per heavy atom. The second-order valence-electron chi connectivity index (χ2n) is 8.52. The van der Waals surface area contributed by atoms with Gasteiger partial charge in [-0.05, 0) is 0 Å². The van der Waals surface area contributed by atoms with Crippen molar-refractivity contribution in [1.82, 2.24) is 61.7 Å². The van der Waals surface area contributed by atoms with Crippen molar-refractivity contribution in [3.8, 4) is 0 Å². The van der Waals surface area contributed by atoms with Crippen LogP contribution >= 0.6 is 0 Å². The van der Waals surface area contributed by atoms with Crippen LogP contribution in [0.15, 0.2) is 0 Å². The molecule has 27 heteroatoms. The van der Waals surface area contributed by atoms with Crippen molar-refractivity contribution in [3.63, 3.8) is 0 Å². The summed E-state index contributed by atoms with van der Waals surface area (Å²) in [5.74, 6) is -2.68. The maximum Gasteiger partial charge on any atom is 0.332 e. The van der Waals surface area contributed by atoms with E-state index >= 15 is 0 Å². The molecular weight excluding hydrogens is 636 g/mol. The van der Waals surface area contributed by atoms with Crippen LogP contribution in [0.3, 0.4) is 0 Å². The van der Waals surface area contributed by atoms with E-state index in [0.29, 0.717) is 24.5 Å². The number of urea groups is 6. The molecule has 3 aliphatic heterocycles. The number of amides is 15. The highest BCUT2D eigenvalue weighted by Gasteiger charge is 2.49. The summed E-state index contributed by atoms with van der Waals surface area (Å²) < 4.78 is 0. The largest absolute Gasteiger partial charge is 0.376 e. The minimum Gasteiger partial charge on any atom is -0.376 e. The Hall–Kier alpha value is -5.61. The van der Waals surface area contributed by atoms with Gasteiger partial charge in [0.1, 0.15) is 40.4 Å². The van der Waals surface area contributed by atoms with Crippen molar-refractivity contribution in [2.75, 3.05) is 47.1 Å². The van der Waals surface area contributed by atoms with Gasteiger partial charge in [-0.3, -0.25) is 44.6 Å². The lowest BCUT2D eigenvalue weighted by atomic mass is 10.4. The molecule has 13 N–H and O–H groups in total. The molecule has 256 valence electrons. The number of aliphatic hydroxyl groups is 6. The van der Waals surface area contributed by atoms with Crippen LogP contribution in [0.4, 0.5) is 28.8 Å². The Morgan fingerprint density at radius 3 is 1.50 bits per heavy atom. The highest BCUT2D eigenvalue weighted by molar-refractivity contribution is 6.06. The highest BCUT2D eigenvalue weighted by Crippen LogP contribution is 2.19. The normalized spacial score (nSPS) is 20.6. The average molecular weight is 667 g/mol. The van der Waals surface area contributed by atoms with Gasteiger partial charge in [0.2, 0.25) is 0 Å². The molecule has 0 spiro atoms. The standard InChI is InChI=1S/C11H16N8O8.C8H14N4O7/c20-2-18-4(6(22)16-10(18)26)14-8(24)12-1-13-9(25)15-5-7(23)17-11(27)19(5)3-21;13-1-9-7(18)10(2-14)5-6(17)12(4-16)8(19)11(5)3-15/h4-5,20-21H,1-3H2,(H2,12,14,24)(H2,13,15,25)(H,16,22,26)(H,17,23,27);5,13-16H,1-4H2,(H,9,18). The molecule has 0 aromatic heterocycles. The van der Waals surface area contributed by atoms with Crippen LogP contribution in [0.5, 0.6) is 0 Å². The van der Waals surface area contributed by atoms with Gasteiger partial charge in [-0.2, -0.15) is 0 Å². The lowest BCUT2D eigenvalue weighted by Gasteiger charge is -2.29. The summed E-state index contributed by atoms with van der Waals surface area (Å²) in [7, 11) is 0. The van der Waals surface area contributed by atoms with E-state index in [2.05, 4.69) is 21.3 Å². The van der Waals surface area contributed by atoms with E-state index in [0.717, 1.165) is 0 Å². The van der Waals surface area contributed by atoms with Crippen molar-refractivity contribution < 1.29 is 73.8 Å². The van der Waals surface area contributed by atoms with Crippen LogP contribution in [-0.4, -0.2) is 175 Å².